The average molecular weight is 245 g/mol. The summed E-state index contributed by atoms with van der Waals surface area (Å²) in [5.41, 5.74) is 0.914. The summed E-state index contributed by atoms with van der Waals surface area (Å²) in [4.78, 5) is 11.9. The van der Waals surface area contributed by atoms with E-state index in [9.17, 15) is 4.79 Å². The van der Waals surface area contributed by atoms with Crippen LogP contribution in [-0.4, -0.2) is 19.1 Å². The van der Waals surface area contributed by atoms with Gasteiger partial charge < -0.3 is 10.1 Å². The number of hydrogen-bond donors (Lipinski definition) is 1. The molecule has 0 saturated heterocycles. The molecule has 0 aliphatic carbocycles. The van der Waals surface area contributed by atoms with E-state index in [4.69, 9.17) is 11.2 Å². The van der Waals surface area contributed by atoms with E-state index >= 15 is 0 Å². The van der Waals surface area contributed by atoms with E-state index in [-0.39, 0.29) is 5.97 Å². The van der Waals surface area contributed by atoms with Crippen molar-refractivity contribution in [2.45, 2.75) is 25.8 Å². The highest BCUT2D eigenvalue weighted by Gasteiger charge is 2.20. The van der Waals surface area contributed by atoms with Crippen LogP contribution in [0, 0.1) is 12.3 Å². The Labute approximate surface area is 109 Å². The summed E-state index contributed by atoms with van der Waals surface area (Å²) in [6, 6.07) is 9.15. The number of carbonyl (C=O) groups is 1. The molecule has 0 aliphatic rings. The predicted octanol–water partition coefficient (Wildman–Crippen LogP) is 2.29. The van der Waals surface area contributed by atoms with Crippen LogP contribution < -0.4 is 5.32 Å². The molecular weight excluding hydrogens is 226 g/mol. The maximum Gasteiger partial charge on any atom is 0.327 e. The lowest BCUT2D eigenvalue weighted by atomic mass is 10.1. The molecule has 1 unspecified atom stereocenters. The van der Waals surface area contributed by atoms with Gasteiger partial charge in [-0.25, -0.2) is 4.79 Å². The highest BCUT2D eigenvalue weighted by molar-refractivity contribution is 5.77. The molecule has 96 valence electrons. The fourth-order valence-corrected chi connectivity index (χ4v) is 1.65. The average Bonchev–Trinajstić information content (AvgIpc) is 2.40. The summed E-state index contributed by atoms with van der Waals surface area (Å²) in [7, 11) is 0. The van der Waals surface area contributed by atoms with Crippen LogP contribution in [0.5, 0.6) is 0 Å². The van der Waals surface area contributed by atoms with Gasteiger partial charge in [-0.05, 0) is 25.5 Å². The van der Waals surface area contributed by atoms with Gasteiger partial charge in [0.25, 0.3) is 0 Å². The van der Waals surface area contributed by atoms with Gasteiger partial charge in [0.1, 0.15) is 6.04 Å². The molecule has 0 radical (unpaired) electrons. The Kier molecular flexibility index (Phi) is 6.60. The van der Waals surface area contributed by atoms with Gasteiger partial charge >= 0.3 is 5.97 Å². The number of ether oxygens (including phenoxy) is 1. The minimum Gasteiger partial charge on any atom is -0.465 e. The number of hydrogen-bond acceptors (Lipinski definition) is 3. The Morgan fingerprint density at radius 3 is 2.78 bits per heavy atom. The van der Waals surface area contributed by atoms with Gasteiger partial charge in [-0.2, -0.15) is 0 Å². The Balaban J connectivity index is 2.64. The van der Waals surface area contributed by atoms with Crippen molar-refractivity contribution >= 4 is 5.97 Å². The van der Waals surface area contributed by atoms with Gasteiger partial charge in [0.2, 0.25) is 0 Å². The van der Waals surface area contributed by atoms with Crippen LogP contribution in [0.2, 0.25) is 0 Å². The number of nitrogens with one attached hydrogen (secondary N) is 1. The van der Waals surface area contributed by atoms with Gasteiger partial charge in [-0.1, -0.05) is 30.3 Å². The van der Waals surface area contributed by atoms with Crippen molar-refractivity contribution in [3.8, 4) is 12.3 Å². The molecule has 3 nitrogen and oxygen atoms in total. The van der Waals surface area contributed by atoms with Crippen molar-refractivity contribution in [1.29, 1.82) is 0 Å². The minimum absolute atomic E-state index is 0.246. The first-order chi connectivity index (χ1) is 8.79. The molecule has 0 spiro atoms. The summed E-state index contributed by atoms with van der Waals surface area (Å²) in [6.45, 7) is 2.88. The third-order valence-corrected chi connectivity index (χ3v) is 2.50. The molecule has 0 aromatic heterocycles. The van der Waals surface area contributed by atoms with Crippen LogP contribution >= 0.6 is 0 Å². The lowest BCUT2D eigenvalue weighted by Gasteiger charge is -2.17. The molecule has 18 heavy (non-hydrogen) atoms. The van der Waals surface area contributed by atoms with Crippen molar-refractivity contribution in [2.75, 3.05) is 13.2 Å². The van der Waals surface area contributed by atoms with Crippen LogP contribution in [-0.2, 0) is 9.53 Å². The Morgan fingerprint density at radius 1 is 1.44 bits per heavy atom. The molecule has 0 aliphatic heterocycles. The van der Waals surface area contributed by atoms with Crippen LogP contribution in [0.15, 0.2) is 30.3 Å². The van der Waals surface area contributed by atoms with Crippen LogP contribution in [0.4, 0.5) is 0 Å². The molecule has 0 amide bonds. The Bertz CT molecular complexity index is 395. The van der Waals surface area contributed by atoms with Crippen LogP contribution in [0.25, 0.3) is 0 Å². The lowest BCUT2D eigenvalue weighted by molar-refractivity contribution is -0.145. The maximum atomic E-state index is 11.9. The van der Waals surface area contributed by atoms with Crippen LogP contribution in [0.3, 0.4) is 0 Å². The molecule has 1 atom stereocenters. The number of terminal acetylenes is 1. The quantitative estimate of drug-likeness (QED) is 0.455. The number of benzene rings is 1. The van der Waals surface area contributed by atoms with Crippen molar-refractivity contribution in [1.82, 2.24) is 5.32 Å². The van der Waals surface area contributed by atoms with E-state index in [0.29, 0.717) is 19.6 Å². The molecule has 1 rings (SSSR count). The summed E-state index contributed by atoms with van der Waals surface area (Å²) in [5, 5.41) is 3.19. The second-order valence-electron chi connectivity index (χ2n) is 3.86. The van der Waals surface area contributed by atoms with Crippen molar-refractivity contribution in [3.63, 3.8) is 0 Å². The molecule has 1 N–H and O–H groups in total. The SMILES string of the molecule is C#CCCCNC(C(=O)OCC)c1ccccc1. The van der Waals surface area contributed by atoms with E-state index in [1.165, 1.54) is 0 Å². The van der Waals surface area contributed by atoms with Crippen molar-refractivity contribution in [2.24, 2.45) is 0 Å². The largest absolute Gasteiger partial charge is 0.465 e. The van der Waals surface area contributed by atoms with E-state index in [2.05, 4.69) is 11.2 Å². The number of carbonyl (C=O) groups excluding carboxylic acids is 1. The normalized spacial score (nSPS) is 11.6. The molecule has 0 saturated carbocycles. The molecule has 0 fully saturated rings. The van der Waals surface area contributed by atoms with Gasteiger partial charge in [0.05, 0.1) is 6.61 Å². The standard InChI is InChI=1S/C15H19NO2/c1-3-5-9-12-16-14(15(17)18-4-2)13-10-7-6-8-11-13/h1,6-8,10-11,14,16H,4-5,9,12H2,2H3. The summed E-state index contributed by atoms with van der Waals surface area (Å²) in [6.07, 6.45) is 6.75. The second kappa shape index (κ2) is 8.32. The van der Waals surface area contributed by atoms with Gasteiger partial charge in [0.15, 0.2) is 0 Å². The fourth-order valence-electron chi connectivity index (χ4n) is 1.65. The monoisotopic (exact) mass is 245 g/mol. The molecule has 1 aromatic carbocycles. The molecule has 3 heteroatoms. The van der Waals surface area contributed by atoms with Crippen LogP contribution in [0.1, 0.15) is 31.4 Å². The fraction of sp³-hybridized carbons (Fsp3) is 0.400. The highest BCUT2D eigenvalue weighted by atomic mass is 16.5. The van der Waals surface area contributed by atoms with Crippen molar-refractivity contribution in [3.05, 3.63) is 35.9 Å². The van der Waals surface area contributed by atoms with Gasteiger partial charge in [-0.15, -0.1) is 12.3 Å². The first-order valence-electron chi connectivity index (χ1n) is 6.18. The lowest BCUT2D eigenvalue weighted by Crippen LogP contribution is -2.31. The smallest absolute Gasteiger partial charge is 0.327 e. The zero-order valence-corrected chi connectivity index (χ0v) is 10.7. The van der Waals surface area contributed by atoms with Gasteiger partial charge in [-0.3, -0.25) is 0 Å². The first kappa shape index (κ1) is 14.3. The zero-order valence-electron chi connectivity index (χ0n) is 10.7. The molecule has 0 heterocycles. The van der Waals surface area contributed by atoms with E-state index in [0.717, 1.165) is 12.0 Å². The van der Waals surface area contributed by atoms with E-state index < -0.39 is 6.04 Å². The molecule has 0 bridgehead atoms. The first-order valence-corrected chi connectivity index (χ1v) is 6.18. The highest BCUT2D eigenvalue weighted by Crippen LogP contribution is 2.14. The number of rotatable bonds is 7. The molecular formula is C15H19NO2. The Morgan fingerprint density at radius 2 is 2.17 bits per heavy atom. The van der Waals surface area contributed by atoms with E-state index in [1.807, 2.05) is 30.3 Å². The van der Waals surface area contributed by atoms with Crippen molar-refractivity contribution < 1.29 is 9.53 Å². The third-order valence-electron chi connectivity index (χ3n) is 2.50. The third kappa shape index (κ3) is 4.60. The summed E-state index contributed by atoms with van der Waals surface area (Å²) in [5.74, 6) is 2.33. The predicted molar refractivity (Wildman–Crippen MR) is 71.9 cm³/mol. The van der Waals surface area contributed by atoms with E-state index in [1.54, 1.807) is 6.92 Å². The number of unbranched alkanes of at least 4 members (excludes halogenated alkanes) is 1. The second-order valence-corrected chi connectivity index (χ2v) is 3.86. The maximum absolute atomic E-state index is 11.9. The molecule has 1 aromatic rings. The summed E-state index contributed by atoms with van der Waals surface area (Å²) < 4.78 is 5.07. The zero-order chi connectivity index (χ0) is 13.2. The number of esters is 1. The Hall–Kier alpha value is -1.79. The van der Waals surface area contributed by atoms with Gasteiger partial charge in [0, 0.05) is 6.42 Å². The topological polar surface area (TPSA) is 38.3 Å². The minimum atomic E-state index is -0.413. The summed E-state index contributed by atoms with van der Waals surface area (Å²) >= 11 is 0.